The van der Waals surface area contributed by atoms with Crippen LogP contribution in [0, 0.1) is 5.92 Å². The number of carbonyl (C=O) groups excluding carboxylic acids is 1. The number of nitrogens with zero attached hydrogens (tertiary/aromatic N) is 1. The first-order valence-corrected chi connectivity index (χ1v) is 10.8. The lowest BCUT2D eigenvalue weighted by Crippen LogP contribution is -2.25. The average molecular weight is 403 g/mol. The van der Waals surface area contributed by atoms with Gasteiger partial charge in [-0.25, -0.2) is 0 Å². The summed E-state index contributed by atoms with van der Waals surface area (Å²) in [5, 5.41) is 2.95. The predicted octanol–water partition coefficient (Wildman–Crippen LogP) is 5.04. The Bertz CT molecular complexity index is 990. The SMILES string of the molecule is COCCCNC(=O)c1ccc(-n2c(-c3ccccc3)cc3c2CCC(C)C3)cc1. The highest BCUT2D eigenvalue weighted by Gasteiger charge is 2.23. The third-order valence-corrected chi connectivity index (χ3v) is 5.90. The first-order chi connectivity index (χ1) is 14.7. The molecule has 1 aliphatic carbocycles. The lowest BCUT2D eigenvalue weighted by Gasteiger charge is -2.21. The van der Waals surface area contributed by atoms with Crippen LogP contribution in [-0.4, -0.2) is 30.7 Å². The molecule has 0 bridgehead atoms. The number of amides is 1. The van der Waals surface area contributed by atoms with Gasteiger partial charge in [-0.1, -0.05) is 37.3 Å². The van der Waals surface area contributed by atoms with Gasteiger partial charge in [-0.2, -0.15) is 0 Å². The molecule has 0 spiro atoms. The van der Waals surface area contributed by atoms with E-state index in [0.717, 1.165) is 30.9 Å². The second-order valence-corrected chi connectivity index (χ2v) is 8.20. The lowest BCUT2D eigenvalue weighted by atomic mass is 9.89. The highest BCUT2D eigenvalue weighted by atomic mass is 16.5. The minimum absolute atomic E-state index is 0.0377. The molecule has 0 saturated heterocycles. The summed E-state index contributed by atoms with van der Waals surface area (Å²) in [5.41, 5.74) is 7.11. The predicted molar refractivity (Wildman–Crippen MR) is 121 cm³/mol. The molecule has 2 aromatic carbocycles. The fraction of sp³-hybridized carbons (Fsp3) is 0.346. The molecular weight excluding hydrogens is 372 g/mol. The van der Waals surface area contributed by atoms with Crippen molar-refractivity contribution in [1.29, 1.82) is 0 Å². The van der Waals surface area contributed by atoms with Crippen LogP contribution in [0.1, 0.15) is 41.4 Å². The second kappa shape index (κ2) is 9.31. The molecule has 1 N–H and O–H groups in total. The van der Waals surface area contributed by atoms with Gasteiger partial charge in [0.05, 0.1) is 5.69 Å². The molecule has 4 nitrogen and oxygen atoms in total. The molecule has 0 radical (unpaired) electrons. The number of ether oxygens (including phenoxy) is 1. The van der Waals surface area contributed by atoms with Crippen LogP contribution in [0.4, 0.5) is 0 Å². The van der Waals surface area contributed by atoms with E-state index in [1.807, 2.05) is 12.1 Å². The van der Waals surface area contributed by atoms with Crippen LogP contribution in [0.15, 0.2) is 60.7 Å². The molecule has 1 unspecified atom stereocenters. The molecule has 1 heterocycles. The maximum Gasteiger partial charge on any atom is 0.251 e. The van der Waals surface area contributed by atoms with Gasteiger partial charge < -0.3 is 14.6 Å². The molecule has 156 valence electrons. The normalized spacial score (nSPS) is 15.6. The molecule has 1 amide bonds. The van der Waals surface area contributed by atoms with Crippen molar-refractivity contribution in [2.45, 2.75) is 32.6 Å². The number of benzene rings is 2. The van der Waals surface area contributed by atoms with Gasteiger partial charge in [0.2, 0.25) is 0 Å². The third-order valence-electron chi connectivity index (χ3n) is 5.90. The monoisotopic (exact) mass is 402 g/mol. The van der Waals surface area contributed by atoms with Crippen LogP contribution in [-0.2, 0) is 17.6 Å². The van der Waals surface area contributed by atoms with Crippen molar-refractivity contribution in [3.8, 4) is 16.9 Å². The van der Waals surface area contributed by atoms with E-state index in [2.05, 4.69) is 65.3 Å². The fourth-order valence-electron chi connectivity index (χ4n) is 4.31. The van der Waals surface area contributed by atoms with Crippen molar-refractivity contribution < 1.29 is 9.53 Å². The standard InChI is InChI=1S/C26H30N2O2/c1-19-9-14-24-22(17-19)18-25(20-7-4-3-5-8-20)28(24)23-12-10-21(11-13-23)26(29)27-15-6-16-30-2/h3-5,7-8,10-13,18-19H,6,9,14-17H2,1-2H3,(H,27,29). The molecule has 0 aliphatic heterocycles. The number of aromatic nitrogens is 1. The quantitative estimate of drug-likeness (QED) is 0.563. The Kier molecular flexibility index (Phi) is 6.34. The van der Waals surface area contributed by atoms with Crippen LogP contribution >= 0.6 is 0 Å². The molecule has 1 aromatic heterocycles. The van der Waals surface area contributed by atoms with Gasteiger partial charge in [-0.05, 0) is 73.1 Å². The summed E-state index contributed by atoms with van der Waals surface area (Å²) < 4.78 is 7.42. The van der Waals surface area contributed by atoms with E-state index in [9.17, 15) is 4.79 Å². The van der Waals surface area contributed by atoms with E-state index in [1.165, 1.54) is 28.9 Å². The minimum atomic E-state index is -0.0377. The number of rotatable bonds is 7. The van der Waals surface area contributed by atoms with Gasteiger partial charge in [-0.3, -0.25) is 4.79 Å². The van der Waals surface area contributed by atoms with E-state index in [-0.39, 0.29) is 5.91 Å². The van der Waals surface area contributed by atoms with E-state index in [4.69, 9.17) is 4.74 Å². The first kappa shape index (κ1) is 20.4. The van der Waals surface area contributed by atoms with Gasteiger partial charge in [0.1, 0.15) is 0 Å². The van der Waals surface area contributed by atoms with Gasteiger partial charge in [0, 0.05) is 37.2 Å². The topological polar surface area (TPSA) is 43.3 Å². The Morgan fingerprint density at radius 3 is 2.63 bits per heavy atom. The maximum absolute atomic E-state index is 12.4. The molecule has 3 aromatic rings. The molecule has 4 rings (SSSR count). The van der Waals surface area contributed by atoms with Crippen molar-refractivity contribution >= 4 is 5.91 Å². The molecule has 4 heteroatoms. The van der Waals surface area contributed by atoms with Crippen molar-refractivity contribution in [3.63, 3.8) is 0 Å². The van der Waals surface area contributed by atoms with Gasteiger partial charge >= 0.3 is 0 Å². The van der Waals surface area contributed by atoms with Crippen molar-refractivity contribution in [1.82, 2.24) is 9.88 Å². The summed E-state index contributed by atoms with van der Waals surface area (Å²) in [7, 11) is 1.67. The van der Waals surface area contributed by atoms with Crippen LogP contribution in [0.5, 0.6) is 0 Å². The zero-order valence-electron chi connectivity index (χ0n) is 17.9. The first-order valence-electron chi connectivity index (χ1n) is 10.8. The average Bonchev–Trinajstić information content (AvgIpc) is 3.16. The van der Waals surface area contributed by atoms with Crippen molar-refractivity contribution in [2.24, 2.45) is 5.92 Å². The molecule has 0 saturated carbocycles. The molecule has 0 fully saturated rings. The third kappa shape index (κ3) is 4.34. The van der Waals surface area contributed by atoms with E-state index in [0.29, 0.717) is 18.7 Å². The number of carbonyl (C=O) groups is 1. The van der Waals surface area contributed by atoms with E-state index >= 15 is 0 Å². The second-order valence-electron chi connectivity index (χ2n) is 8.20. The highest BCUT2D eigenvalue weighted by Crippen LogP contribution is 2.35. The van der Waals surface area contributed by atoms with Crippen LogP contribution < -0.4 is 5.32 Å². The van der Waals surface area contributed by atoms with Crippen LogP contribution in [0.2, 0.25) is 0 Å². The Morgan fingerprint density at radius 2 is 1.90 bits per heavy atom. The Labute approximate surface area is 178 Å². The summed E-state index contributed by atoms with van der Waals surface area (Å²) in [6.07, 6.45) is 4.25. The number of methoxy groups -OCH3 is 1. The lowest BCUT2D eigenvalue weighted by molar-refractivity contribution is 0.0948. The van der Waals surface area contributed by atoms with Gasteiger partial charge in [0.25, 0.3) is 5.91 Å². The molecular formula is C26H30N2O2. The number of hydrogen-bond acceptors (Lipinski definition) is 2. The summed E-state index contributed by atoms with van der Waals surface area (Å²) in [5.74, 6) is 0.686. The number of fused-ring (bicyclic) bond motifs is 1. The van der Waals surface area contributed by atoms with E-state index in [1.54, 1.807) is 7.11 Å². The maximum atomic E-state index is 12.4. The largest absolute Gasteiger partial charge is 0.385 e. The zero-order chi connectivity index (χ0) is 20.9. The van der Waals surface area contributed by atoms with E-state index < -0.39 is 0 Å². The number of hydrogen-bond donors (Lipinski definition) is 1. The summed E-state index contributed by atoms with van der Waals surface area (Å²) >= 11 is 0. The van der Waals surface area contributed by atoms with Crippen LogP contribution in [0.3, 0.4) is 0 Å². The summed E-state index contributed by atoms with van der Waals surface area (Å²) in [6, 6.07) is 20.9. The smallest absolute Gasteiger partial charge is 0.251 e. The summed E-state index contributed by atoms with van der Waals surface area (Å²) in [6.45, 7) is 3.61. The Morgan fingerprint density at radius 1 is 1.13 bits per heavy atom. The van der Waals surface area contributed by atoms with Crippen LogP contribution in [0.25, 0.3) is 16.9 Å². The van der Waals surface area contributed by atoms with Crippen molar-refractivity contribution in [2.75, 3.05) is 20.3 Å². The summed E-state index contributed by atoms with van der Waals surface area (Å²) in [4.78, 5) is 12.4. The Hall–Kier alpha value is -2.85. The molecule has 1 atom stereocenters. The molecule has 1 aliphatic rings. The zero-order valence-corrected chi connectivity index (χ0v) is 17.9. The number of nitrogens with one attached hydrogen (secondary N) is 1. The minimum Gasteiger partial charge on any atom is -0.385 e. The Balaban J connectivity index is 1.64. The van der Waals surface area contributed by atoms with Gasteiger partial charge in [-0.15, -0.1) is 0 Å². The van der Waals surface area contributed by atoms with Crippen molar-refractivity contribution in [3.05, 3.63) is 77.5 Å². The fourth-order valence-corrected chi connectivity index (χ4v) is 4.31. The van der Waals surface area contributed by atoms with Gasteiger partial charge in [0.15, 0.2) is 0 Å². The molecule has 30 heavy (non-hydrogen) atoms. The highest BCUT2D eigenvalue weighted by molar-refractivity contribution is 5.94.